The zero-order chi connectivity index (χ0) is 12.5. The summed E-state index contributed by atoms with van der Waals surface area (Å²) >= 11 is 0. The first-order valence-electron chi connectivity index (χ1n) is 7.12. The number of nitrogens with one attached hydrogen (secondary N) is 1. The molecule has 3 N–H and O–H groups in total. The summed E-state index contributed by atoms with van der Waals surface area (Å²) in [6.07, 6.45) is 5.71. The van der Waals surface area contributed by atoms with E-state index in [1.54, 1.807) is 0 Å². The van der Waals surface area contributed by atoms with E-state index >= 15 is 0 Å². The Bertz CT molecular complexity index is 268. The Hall–Kier alpha value is -0.570. The van der Waals surface area contributed by atoms with E-state index in [0.29, 0.717) is 12.5 Å². The van der Waals surface area contributed by atoms with Crippen molar-refractivity contribution < 1.29 is 4.79 Å². The number of amides is 1. The highest BCUT2D eigenvalue weighted by atomic mass is 16.1. The molecular weight excluding hydrogens is 212 g/mol. The second-order valence-electron chi connectivity index (χ2n) is 6.05. The van der Waals surface area contributed by atoms with Crippen LogP contribution in [0.4, 0.5) is 0 Å². The zero-order valence-electron chi connectivity index (χ0n) is 11.2. The van der Waals surface area contributed by atoms with E-state index in [1.807, 2.05) is 0 Å². The molecule has 0 bridgehead atoms. The Morgan fingerprint density at radius 2 is 1.82 bits per heavy atom. The monoisotopic (exact) mass is 238 g/mol. The van der Waals surface area contributed by atoms with Crippen LogP contribution < -0.4 is 11.1 Å². The van der Waals surface area contributed by atoms with Crippen molar-refractivity contribution in [2.45, 2.75) is 46.0 Å². The van der Waals surface area contributed by atoms with Crippen molar-refractivity contribution in [1.29, 1.82) is 0 Å². The Morgan fingerprint density at radius 1 is 1.24 bits per heavy atom. The average molecular weight is 238 g/mol. The summed E-state index contributed by atoms with van der Waals surface area (Å²) in [5.41, 5.74) is 5.95. The molecule has 2 saturated carbocycles. The normalized spacial score (nSPS) is 31.1. The summed E-state index contributed by atoms with van der Waals surface area (Å²) in [5, 5.41) is 3.14. The highest BCUT2D eigenvalue weighted by Crippen LogP contribution is 2.54. The zero-order valence-corrected chi connectivity index (χ0v) is 11.2. The molecule has 1 amide bonds. The molecule has 0 aromatic carbocycles. The van der Waals surface area contributed by atoms with E-state index in [2.05, 4.69) is 19.2 Å². The number of carbonyl (C=O) groups excluding carboxylic acids is 1. The summed E-state index contributed by atoms with van der Waals surface area (Å²) in [4.78, 5) is 12.1. The topological polar surface area (TPSA) is 55.1 Å². The van der Waals surface area contributed by atoms with Crippen LogP contribution in [-0.2, 0) is 4.79 Å². The minimum absolute atomic E-state index is 0.108. The molecule has 2 unspecified atom stereocenters. The maximum atomic E-state index is 12.1. The van der Waals surface area contributed by atoms with Gasteiger partial charge in [0.05, 0.1) is 0 Å². The van der Waals surface area contributed by atoms with Gasteiger partial charge in [-0.3, -0.25) is 4.79 Å². The number of fused-ring (bicyclic) bond motifs is 1. The summed E-state index contributed by atoms with van der Waals surface area (Å²) in [6, 6.07) is 0. The molecule has 2 rings (SSSR count). The predicted molar refractivity (Wildman–Crippen MR) is 69.4 cm³/mol. The summed E-state index contributed by atoms with van der Waals surface area (Å²) in [5.74, 6) is 2.32. The van der Waals surface area contributed by atoms with Gasteiger partial charge in [0.25, 0.3) is 0 Å². The lowest BCUT2D eigenvalue weighted by Gasteiger charge is -2.30. The fourth-order valence-corrected chi connectivity index (χ4v) is 3.21. The molecular formula is C14H26N2O. The standard InChI is InChI=1S/C14H26N2O/c1-3-14(4-2,8-15)9-16-13(17)12-6-10-5-11(10)7-12/h10-12H,3-9,15H2,1-2H3,(H,16,17). The van der Waals surface area contributed by atoms with Crippen LogP contribution >= 0.6 is 0 Å². The van der Waals surface area contributed by atoms with Crippen LogP contribution in [0.5, 0.6) is 0 Å². The van der Waals surface area contributed by atoms with Crippen molar-refractivity contribution >= 4 is 5.91 Å². The van der Waals surface area contributed by atoms with Gasteiger partial charge in [-0.05, 0) is 55.9 Å². The Morgan fingerprint density at radius 3 is 2.29 bits per heavy atom. The van der Waals surface area contributed by atoms with Crippen molar-refractivity contribution in [2.24, 2.45) is 28.9 Å². The molecule has 3 nitrogen and oxygen atoms in total. The summed E-state index contributed by atoms with van der Waals surface area (Å²) in [6.45, 7) is 5.73. The third-order valence-corrected chi connectivity index (χ3v) is 5.18. The van der Waals surface area contributed by atoms with Gasteiger partial charge in [0, 0.05) is 12.5 Å². The molecule has 0 aliphatic heterocycles. The van der Waals surface area contributed by atoms with Gasteiger partial charge in [-0.1, -0.05) is 13.8 Å². The van der Waals surface area contributed by atoms with Crippen LogP contribution in [0.25, 0.3) is 0 Å². The lowest BCUT2D eigenvalue weighted by molar-refractivity contribution is -0.125. The molecule has 0 aromatic heterocycles. The molecule has 2 aliphatic rings. The highest BCUT2D eigenvalue weighted by molar-refractivity contribution is 5.79. The smallest absolute Gasteiger partial charge is 0.223 e. The fourth-order valence-electron chi connectivity index (χ4n) is 3.21. The summed E-state index contributed by atoms with van der Waals surface area (Å²) in [7, 11) is 0. The van der Waals surface area contributed by atoms with Crippen LogP contribution in [-0.4, -0.2) is 19.0 Å². The molecule has 0 saturated heterocycles. The minimum atomic E-state index is 0.108. The van der Waals surface area contributed by atoms with Crippen molar-refractivity contribution in [3.05, 3.63) is 0 Å². The fraction of sp³-hybridized carbons (Fsp3) is 0.929. The quantitative estimate of drug-likeness (QED) is 0.742. The molecule has 3 heteroatoms. The lowest BCUT2D eigenvalue weighted by atomic mass is 9.82. The van der Waals surface area contributed by atoms with Crippen LogP contribution in [0.2, 0.25) is 0 Å². The second-order valence-corrected chi connectivity index (χ2v) is 6.05. The van der Waals surface area contributed by atoms with Crippen molar-refractivity contribution in [2.75, 3.05) is 13.1 Å². The van der Waals surface area contributed by atoms with Crippen LogP contribution in [0.3, 0.4) is 0 Å². The number of carbonyl (C=O) groups is 1. The Kier molecular flexibility index (Phi) is 3.76. The van der Waals surface area contributed by atoms with Crippen LogP contribution in [0.15, 0.2) is 0 Å². The largest absolute Gasteiger partial charge is 0.355 e. The first-order chi connectivity index (χ1) is 8.14. The third kappa shape index (κ3) is 2.65. The van der Waals surface area contributed by atoms with Crippen LogP contribution in [0, 0.1) is 23.2 Å². The molecule has 0 heterocycles. The molecule has 0 aromatic rings. The molecule has 98 valence electrons. The first kappa shape index (κ1) is 12.9. The van der Waals surface area contributed by atoms with Gasteiger partial charge in [-0.15, -0.1) is 0 Å². The average Bonchev–Trinajstić information content (AvgIpc) is 2.98. The minimum Gasteiger partial charge on any atom is -0.355 e. The highest BCUT2D eigenvalue weighted by Gasteiger charge is 2.48. The third-order valence-electron chi connectivity index (χ3n) is 5.18. The first-order valence-corrected chi connectivity index (χ1v) is 7.12. The maximum absolute atomic E-state index is 12.1. The van der Waals surface area contributed by atoms with E-state index in [0.717, 1.165) is 44.1 Å². The Labute approximate surface area is 105 Å². The second kappa shape index (κ2) is 4.97. The van der Waals surface area contributed by atoms with E-state index in [9.17, 15) is 4.79 Å². The number of hydrogen-bond acceptors (Lipinski definition) is 2. The van der Waals surface area contributed by atoms with Gasteiger partial charge in [0.1, 0.15) is 0 Å². The van der Waals surface area contributed by atoms with E-state index in [1.165, 1.54) is 6.42 Å². The maximum Gasteiger partial charge on any atom is 0.223 e. The van der Waals surface area contributed by atoms with E-state index < -0.39 is 0 Å². The van der Waals surface area contributed by atoms with Gasteiger partial charge in [-0.2, -0.15) is 0 Å². The SMILES string of the molecule is CCC(CC)(CN)CNC(=O)C1CC2CC2C1. The number of hydrogen-bond donors (Lipinski definition) is 2. The number of rotatable bonds is 6. The molecule has 17 heavy (non-hydrogen) atoms. The predicted octanol–water partition coefficient (Wildman–Crippen LogP) is 1.91. The molecule has 2 aliphatic carbocycles. The van der Waals surface area contributed by atoms with Gasteiger partial charge in [0.15, 0.2) is 0 Å². The summed E-state index contributed by atoms with van der Waals surface area (Å²) < 4.78 is 0. The van der Waals surface area contributed by atoms with E-state index in [4.69, 9.17) is 5.73 Å². The van der Waals surface area contributed by atoms with Crippen molar-refractivity contribution in [1.82, 2.24) is 5.32 Å². The van der Waals surface area contributed by atoms with Gasteiger partial charge in [0.2, 0.25) is 5.91 Å². The lowest BCUT2D eigenvalue weighted by Crippen LogP contribution is -2.43. The van der Waals surface area contributed by atoms with Crippen LogP contribution in [0.1, 0.15) is 46.0 Å². The van der Waals surface area contributed by atoms with Crippen molar-refractivity contribution in [3.8, 4) is 0 Å². The molecule has 2 fully saturated rings. The Balaban J connectivity index is 1.78. The van der Waals surface area contributed by atoms with Gasteiger partial charge < -0.3 is 11.1 Å². The number of nitrogens with two attached hydrogens (primary N) is 1. The van der Waals surface area contributed by atoms with Gasteiger partial charge >= 0.3 is 0 Å². The molecule has 0 radical (unpaired) electrons. The van der Waals surface area contributed by atoms with E-state index in [-0.39, 0.29) is 11.3 Å². The van der Waals surface area contributed by atoms with Crippen molar-refractivity contribution in [3.63, 3.8) is 0 Å². The van der Waals surface area contributed by atoms with Gasteiger partial charge in [-0.25, -0.2) is 0 Å². The molecule has 2 atom stereocenters. The molecule has 0 spiro atoms.